The van der Waals surface area contributed by atoms with Crippen molar-refractivity contribution in [2.75, 3.05) is 0 Å². The van der Waals surface area contributed by atoms with Gasteiger partial charge in [0.2, 0.25) is 0 Å². The van der Waals surface area contributed by atoms with Gasteiger partial charge in [0.1, 0.15) is 17.2 Å². The number of allylic oxidation sites excluding steroid dienone is 1. The number of nitrogens with zero attached hydrogens (tertiary/aromatic N) is 1. The largest absolute Gasteiger partial charge is 0.506 e. The summed E-state index contributed by atoms with van der Waals surface area (Å²) in [6, 6.07) is 11.2. The molecule has 104 valence electrons. The van der Waals surface area contributed by atoms with E-state index in [4.69, 9.17) is 11.6 Å². The SMILES string of the molecule is O=C1C(C=Nc2cc(Cl)ccc2O)=C(O)c2ccccc21. The number of phenols is 1. The number of fused-ring (bicyclic) bond motifs is 1. The highest BCUT2D eigenvalue weighted by atomic mass is 35.5. The Balaban J connectivity index is 2.00. The predicted molar refractivity (Wildman–Crippen MR) is 81.6 cm³/mol. The molecule has 3 rings (SSSR count). The van der Waals surface area contributed by atoms with Crippen LogP contribution in [0, 0.1) is 0 Å². The molecular formula is C16H10ClNO3. The minimum absolute atomic E-state index is 0.0568. The molecule has 1 aliphatic carbocycles. The van der Waals surface area contributed by atoms with Crippen LogP contribution in [0.25, 0.3) is 5.76 Å². The predicted octanol–water partition coefficient (Wildman–Crippen LogP) is 3.91. The average molecular weight is 300 g/mol. The van der Waals surface area contributed by atoms with E-state index in [1.807, 2.05) is 0 Å². The molecule has 0 bridgehead atoms. The van der Waals surface area contributed by atoms with Crippen LogP contribution in [0.15, 0.2) is 53.0 Å². The molecule has 21 heavy (non-hydrogen) atoms. The van der Waals surface area contributed by atoms with Gasteiger partial charge in [0, 0.05) is 22.4 Å². The fourth-order valence-corrected chi connectivity index (χ4v) is 2.31. The van der Waals surface area contributed by atoms with Crippen molar-refractivity contribution in [3.63, 3.8) is 0 Å². The number of phenolic OH excluding ortho intramolecular Hbond substituents is 1. The molecule has 0 heterocycles. The van der Waals surface area contributed by atoms with E-state index in [0.717, 1.165) is 0 Å². The maximum atomic E-state index is 12.2. The summed E-state index contributed by atoms with van der Waals surface area (Å²) in [5.41, 5.74) is 1.24. The van der Waals surface area contributed by atoms with E-state index in [1.54, 1.807) is 24.3 Å². The lowest BCUT2D eigenvalue weighted by molar-refractivity contribution is 0.104. The lowest BCUT2D eigenvalue weighted by atomic mass is 10.1. The molecule has 2 N–H and O–H groups in total. The van der Waals surface area contributed by atoms with Crippen LogP contribution in [-0.4, -0.2) is 22.2 Å². The molecule has 0 aromatic heterocycles. The molecular weight excluding hydrogens is 290 g/mol. The third-order valence-corrected chi connectivity index (χ3v) is 3.43. The summed E-state index contributed by atoms with van der Waals surface area (Å²) in [5.74, 6) is -0.465. The van der Waals surface area contributed by atoms with Crippen LogP contribution >= 0.6 is 11.6 Å². The van der Waals surface area contributed by atoms with E-state index in [9.17, 15) is 15.0 Å². The van der Waals surface area contributed by atoms with Crippen LogP contribution in [0.4, 0.5) is 5.69 Å². The first-order valence-corrected chi connectivity index (χ1v) is 6.55. The van der Waals surface area contributed by atoms with Crippen molar-refractivity contribution in [1.29, 1.82) is 0 Å². The van der Waals surface area contributed by atoms with Crippen molar-refractivity contribution in [3.8, 4) is 5.75 Å². The zero-order chi connectivity index (χ0) is 15.0. The first-order chi connectivity index (χ1) is 10.1. The van der Waals surface area contributed by atoms with Crippen LogP contribution < -0.4 is 0 Å². The molecule has 5 heteroatoms. The summed E-state index contributed by atoms with van der Waals surface area (Å²) >= 11 is 5.83. The van der Waals surface area contributed by atoms with E-state index < -0.39 is 0 Å². The number of aliphatic hydroxyl groups excluding tert-OH is 1. The van der Waals surface area contributed by atoms with Crippen LogP contribution in [0.3, 0.4) is 0 Å². The number of aromatic hydroxyl groups is 1. The molecule has 0 unspecified atom stereocenters. The molecule has 4 nitrogen and oxygen atoms in total. The summed E-state index contributed by atoms with van der Waals surface area (Å²) in [6.07, 6.45) is 1.24. The highest BCUT2D eigenvalue weighted by Gasteiger charge is 2.27. The second-order valence-corrected chi connectivity index (χ2v) is 4.96. The first-order valence-electron chi connectivity index (χ1n) is 6.18. The number of carbonyl (C=O) groups excluding carboxylic acids is 1. The zero-order valence-electron chi connectivity index (χ0n) is 10.7. The molecule has 0 radical (unpaired) electrons. The topological polar surface area (TPSA) is 69.9 Å². The third kappa shape index (κ3) is 2.30. The molecule has 0 amide bonds. The van der Waals surface area contributed by atoms with Gasteiger partial charge >= 0.3 is 0 Å². The van der Waals surface area contributed by atoms with E-state index >= 15 is 0 Å². The fraction of sp³-hybridized carbons (Fsp3) is 0. The molecule has 0 atom stereocenters. The Morgan fingerprint density at radius 2 is 1.76 bits per heavy atom. The number of hydrogen-bond donors (Lipinski definition) is 2. The number of aliphatic imine (C=N–C) groups is 1. The van der Waals surface area contributed by atoms with Gasteiger partial charge in [0.05, 0.1) is 5.57 Å². The number of rotatable bonds is 2. The van der Waals surface area contributed by atoms with Crippen LogP contribution in [0.5, 0.6) is 5.75 Å². The number of benzene rings is 2. The van der Waals surface area contributed by atoms with E-state index in [1.165, 1.54) is 24.4 Å². The number of hydrogen-bond acceptors (Lipinski definition) is 4. The second-order valence-electron chi connectivity index (χ2n) is 4.53. The van der Waals surface area contributed by atoms with Gasteiger partial charge in [-0.3, -0.25) is 9.79 Å². The third-order valence-electron chi connectivity index (χ3n) is 3.20. The summed E-state index contributed by atoms with van der Waals surface area (Å²) in [5, 5.41) is 20.2. The van der Waals surface area contributed by atoms with Crippen molar-refractivity contribution in [3.05, 3.63) is 64.2 Å². The lowest BCUT2D eigenvalue weighted by Crippen LogP contribution is -1.99. The van der Waals surface area contributed by atoms with E-state index in [0.29, 0.717) is 16.1 Å². The Morgan fingerprint density at radius 1 is 1.05 bits per heavy atom. The Labute approximate surface area is 125 Å². The summed E-state index contributed by atoms with van der Waals surface area (Å²) in [7, 11) is 0. The van der Waals surface area contributed by atoms with Crippen molar-refractivity contribution in [2.24, 2.45) is 4.99 Å². The van der Waals surface area contributed by atoms with Gasteiger partial charge in [0.15, 0.2) is 5.78 Å². The zero-order valence-corrected chi connectivity index (χ0v) is 11.5. The Hall–Kier alpha value is -2.59. The van der Waals surface area contributed by atoms with Crippen LogP contribution in [0.2, 0.25) is 5.02 Å². The lowest BCUT2D eigenvalue weighted by Gasteiger charge is -1.99. The normalized spacial score (nSPS) is 14.0. The molecule has 0 saturated heterocycles. The smallest absolute Gasteiger partial charge is 0.199 e. The summed E-state index contributed by atoms with van der Waals surface area (Å²) in [4.78, 5) is 16.2. The molecule has 0 fully saturated rings. The van der Waals surface area contributed by atoms with Gasteiger partial charge in [-0.2, -0.15) is 0 Å². The number of Topliss-reactive ketones (excluding diaryl/α,β-unsaturated/α-hetero) is 1. The molecule has 2 aromatic rings. The highest BCUT2D eigenvalue weighted by Crippen LogP contribution is 2.32. The average Bonchev–Trinajstić information content (AvgIpc) is 2.73. The Bertz CT molecular complexity index is 809. The fourth-order valence-electron chi connectivity index (χ4n) is 2.14. The molecule has 0 saturated carbocycles. The number of halogens is 1. The molecule has 2 aromatic carbocycles. The number of carbonyl (C=O) groups is 1. The van der Waals surface area contributed by atoms with Crippen LogP contribution in [-0.2, 0) is 0 Å². The maximum Gasteiger partial charge on any atom is 0.199 e. The van der Waals surface area contributed by atoms with Gasteiger partial charge in [0.25, 0.3) is 0 Å². The standard InChI is InChI=1S/C16H10ClNO3/c17-9-5-6-14(19)13(7-9)18-8-12-15(20)10-3-1-2-4-11(10)16(12)21/h1-8,19-20H. The van der Waals surface area contributed by atoms with Gasteiger partial charge in [-0.25, -0.2) is 0 Å². The highest BCUT2D eigenvalue weighted by molar-refractivity contribution is 6.31. The quantitative estimate of drug-likeness (QED) is 0.826. The van der Waals surface area contributed by atoms with Gasteiger partial charge in [-0.05, 0) is 18.2 Å². The van der Waals surface area contributed by atoms with Gasteiger partial charge in [-0.15, -0.1) is 0 Å². The second kappa shape index (κ2) is 5.07. The van der Waals surface area contributed by atoms with Crippen molar-refractivity contribution in [2.45, 2.75) is 0 Å². The number of ketones is 1. The van der Waals surface area contributed by atoms with Crippen molar-refractivity contribution >= 4 is 35.0 Å². The van der Waals surface area contributed by atoms with E-state index in [2.05, 4.69) is 4.99 Å². The Morgan fingerprint density at radius 3 is 2.48 bits per heavy atom. The van der Waals surface area contributed by atoms with E-state index in [-0.39, 0.29) is 28.6 Å². The molecule has 0 aliphatic heterocycles. The molecule has 1 aliphatic rings. The monoisotopic (exact) mass is 299 g/mol. The minimum atomic E-state index is -0.298. The Kier molecular flexibility index (Phi) is 3.23. The maximum absolute atomic E-state index is 12.2. The van der Waals surface area contributed by atoms with Crippen molar-refractivity contribution in [1.82, 2.24) is 0 Å². The van der Waals surface area contributed by atoms with Crippen molar-refractivity contribution < 1.29 is 15.0 Å². The van der Waals surface area contributed by atoms with Crippen LogP contribution in [0.1, 0.15) is 15.9 Å². The van der Waals surface area contributed by atoms with Gasteiger partial charge < -0.3 is 10.2 Å². The first kappa shape index (κ1) is 13.4. The number of aliphatic hydroxyl groups is 1. The van der Waals surface area contributed by atoms with Gasteiger partial charge in [-0.1, -0.05) is 35.9 Å². The minimum Gasteiger partial charge on any atom is -0.506 e. The molecule has 0 spiro atoms. The summed E-state index contributed by atoms with van der Waals surface area (Å²) in [6.45, 7) is 0. The summed E-state index contributed by atoms with van der Waals surface area (Å²) < 4.78 is 0.